The highest BCUT2D eigenvalue weighted by Gasteiger charge is 2.03. The van der Waals surface area contributed by atoms with Crippen LogP contribution in [0.25, 0.3) is 0 Å². The quantitative estimate of drug-likeness (QED) is 0.226. The van der Waals surface area contributed by atoms with E-state index >= 15 is 0 Å². The van der Waals surface area contributed by atoms with E-state index in [0.29, 0.717) is 0 Å². The number of alkyl halides is 1. The molecule has 0 atom stereocenters. The summed E-state index contributed by atoms with van der Waals surface area (Å²) in [5, 5.41) is 1.07. The van der Waals surface area contributed by atoms with Gasteiger partial charge in [0.15, 0.2) is 6.29 Å². The number of halogens is 1. The Morgan fingerprint density at radius 2 is 1.47 bits per heavy atom. The molecule has 0 fully saturated rings. The van der Waals surface area contributed by atoms with Crippen molar-refractivity contribution in [3.63, 3.8) is 0 Å². The molecule has 0 aliphatic carbocycles. The molecule has 0 aromatic rings. The second-order valence-electron chi connectivity index (χ2n) is 4.20. The molecular formula is C14H27BrO2. The number of allylic oxidation sites excluding steroid dienone is 2. The van der Waals surface area contributed by atoms with Crippen LogP contribution in [0.15, 0.2) is 12.2 Å². The van der Waals surface area contributed by atoms with Gasteiger partial charge in [-0.15, -0.1) is 0 Å². The Bertz CT molecular complexity index is 168. The monoisotopic (exact) mass is 306 g/mol. The molecule has 0 saturated heterocycles. The summed E-state index contributed by atoms with van der Waals surface area (Å²) in [6.45, 7) is 0. The Morgan fingerprint density at radius 1 is 0.882 bits per heavy atom. The number of rotatable bonds is 12. The molecule has 0 heterocycles. The van der Waals surface area contributed by atoms with Gasteiger partial charge in [-0.25, -0.2) is 0 Å². The molecule has 0 saturated carbocycles. The van der Waals surface area contributed by atoms with Crippen LogP contribution in [0.3, 0.4) is 0 Å². The van der Waals surface area contributed by atoms with E-state index in [0.717, 1.165) is 18.2 Å². The van der Waals surface area contributed by atoms with Crippen LogP contribution < -0.4 is 0 Å². The minimum Gasteiger partial charge on any atom is -0.356 e. The maximum atomic E-state index is 5.15. The fraction of sp³-hybridized carbons (Fsp3) is 0.857. The third-order valence-corrected chi connectivity index (χ3v) is 3.24. The van der Waals surface area contributed by atoms with E-state index in [9.17, 15) is 0 Å². The minimum absolute atomic E-state index is 0.0119. The van der Waals surface area contributed by atoms with E-state index < -0.39 is 0 Å². The molecule has 0 rings (SSSR count). The molecule has 0 radical (unpaired) electrons. The van der Waals surface area contributed by atoms with Crippen LogP contribution in [-0.2, 0) is 9.47 Å². The third-order valence-electron chi connectivity index (χ3n) is 2.78. The van der Waals surface area contributed by atoms with Crippen LogP contribution in [-0.4, -0.2) is 25.8 Å². The molecule has 0 bridgehead atoms. The fourth-order valence-corrected chi connectivity index (χ4v) is 2.00. The van der Waals surface area contributed by atoms with Crippen molar-refractivity contribution in [2.24, 2.45) is 0 Å². The van der Waals surface area contributed by atoms with Gasteiger partial charge < -0.3 is 9.47 Å². The van der Waals surface area contributed by atoms with Crippen molar-refractivity contribution in [2.45, 2.75) is 57.7 Å². The average molecular weight is 307 g/mol. The first-order valence-electron chi connectivity index (χ1n) is 6.61. The van der Waals surface area contributed by atoms with Gasteiger partial charge >= 0.3 is 0 Å². The Morgan fingerprint density at radius 3 is 2.12 bits per heavy atom. The lowest BCUT2D eigenvalue weighted by Gasteiger charge is -2.12. The van der Waals surface area contributed by atoms with Crippen LogP contribution in [0.4, 0.5) is 0 Å². The second-order valence-corrected chi connectivity index (χ2v) is 4.99. The van der Waals surface area contributed by atoms with Gasteiger partial charge in [-0.2, -0.15) is 0 Å². The first-order chi connectivity index (χ1) is 8.35. The summed E-state index contributed by atoms with van der Waals surface area (Å²) >= 11 is 3.41. The molecule has 0 aliphatic heterocycles. The summed E-state index contributed by atoms with van der Waals surface area (Å²) < 4.78 is 10.3. The van der Waals surface area contributed by atoms with Gasteiger partial charge in [0.05, 0.1) is 0 Å². The molecule has 0 N–H and O–H groups in total. The second kappa shape index (κ2) is 14.2. The van der Waals surface area contributed by atoms with Crippen molar-refractivity contribution < 1.29 is 9.47 Å². The predicted molar refractivity (Wildman–Crippen MR) is 77.7 cm³/mol. The van der Waals surface area contributed by atoms with E-state index in [2.05, 4.69) is 28.1 Å². The molecule has 0 unspecified atom stereocenters. The molecule has 0 aromatic carbocycles. The zero-order chi connectivity index (χ0) is 12.8. The van der Waals surface area contributed by atoms with E-state index in [1.54, 1.807) is 14.2 Å². The molecule has 0 aromatic heterocycles. The van der Waals surface area contributed by atoms with Gasteiger partial charge in [0.2, 0.25) is 0 Å². The normalized spacial score (nSPS) is 11.8. The fourth-order valence-electron chi connectivity index (χ4n) is 1.73. The molecule has 17 heavy (non-hydrogen) atoms. The van der Waals surface area contributed by atoms with Crippen molar-refractivity contribution in [3.05, 3.63) is 12.2 Å². The Hall–Kier alpha value is 0.140. The number of hydrogen-bond acceptors (Lipinski definition) is 2. The number of methoxy groups -OCH3 is 2. The van der Waals surface area contributed by atoms with Gasteiger partial charge in [-0.1, -0.05) is 47.3 Å². The summed E-state index contributed by atoms with van der Waals surface area (Å²) in [5.41, 5.74) is 0. The highest BCUT2D eigenvalue weighted by Crippen LogP contribution is 2.10. The number of ether oxygens (including phenoxy) is 2. The smallest absolute Gasteiger partial charge is 0.156 e. The van der Waals surface area contributed by atoms with E-state index in [-0.39, 0.29) is 6.29 Å². The molecular weight excluding hydrogens is 280 g/mol. The first-order valence-corrected chi connectivity index (χ1v) is 7.73. The molecule has 102 valence electrons. The summed E-state index contributed by atoms with van der Waals surface area (Å²) in [6, 6.07) is 0. The van der Waals surface area contributed by atoms with Crippen LogP contribution in [0.2, 0.25) is 0 Å². The lowest BCUT2D eigenvalue weighted by Crippen LogP contribution is -2.12. The largest absolute Gasteiger partial charge is 0.356 e. The van der Waals surface area contributed by atoms with Crippen LogP contribution in [0.5, 0.6) is 0 Å². The summed E-state index contributed by atoms with van der Waals surface area (Å²) in [7, 11) is 3.40. The average Bonchev–Trinajstić information content (AvgIpc) is 2.36. The molecule has 0 aliphatic rings. The van der Waals surface area contributed by atoms with Gasteiger partial charge in [0.25, 0.3) is 0 Å². The van der Waals surface area contributed by atoms with Crippen LogP contribution in [0, 0.1) is 0 Å². The topological polar surface area (TPSA) is 18.5 Å². The van der Waals surface area contributed by atoms with E-state index in [1.807, 2.05) is 0 Å². The van der Waals surface area contributed by atoms with Crippen LogP contribution >= 0.6 is 15.9 Å². The van der Waals surface area contributed by atoms with Crippen molar-refractivity contribution in [2.75, 3.05) is 19.5 Å². The number of unbranched alkanes of at least 4 members (excludes halogenated alkanes) is 5. The van der Waals surface area contributed by atoms with Gasteiger partial charge in [-0.05, 0) is 32.1 Å². The molecule has 0 spiro atoms. The van der Waals surface area contributed by atoms with Crippen molar-refractivity contribution in [1.29, 1.82) is 0 Å². The zero-order valence-electron chi connectivity index (χ0n) is 11.3. The molecule has 2 nitrogen and oxygen atoms in total. The van der Waals surface area contributed by atoms with Crippen LogP contribution in [0.1, 0.15) is 51.4 Å². The maximum absolute atomic E-state index is 5.15. The highest BCUT2D eigenvalue weighted by molar-refractivity contribution is 9.09. The lowest BCUT2D eigenvalue weighted by molar-refractivity contribution is -0.107. The van der Waals surface area contributed by atoms with E-state index in [4.69, 9.17) is 9.47 Å². The zero-order valence-corrected chi connectivity index (χ0v) is 12.9. The van der Waals surface area contributed by atoms with Crippen molar-refractivity contribution in [1.82, 2.24) is 0 Å². The first kappa shape index (κ1) is 17.1. The van der Waals surface area contributed by atoms with Gasteiger partial charge in [0.1, 0.15) is 0 Å². The minimum atomic E-state index is -0.0119. The van der Waals surface area contributed by atoms with Gasteiger partial charge in [0, 0.05) is 19.5 Å². The summed E-state index contributed by atoms with van der Waals surface area (Å²) in [4.78, 5) is 0. The van der Waals surface area contributed by atoms with E-state index in [1.165, 1.54) is 38.5 Å². The van der Waals surface area contributed by atoms with Crippen molar-refractivity contribution in [3.8, 4) is 0 Å². The Balaban J connectivity index is 3.13. The molecule has 3 heteroatoms. The van der Waals surface area contributed by atoms with Crippen molar-refractivity contribution >= 4 is 15.9 Å². The summed E-state index contributed by atoms with van der Waals surface area (Å²) in [6.07, 6.45) is 14.4. The van der Waals surface area contributed by atoms with Gasteiger partial charge in [-0.3, -0.25) is 0 Å². The standard InChI is InChI=1S/C14H27BrO2/c1-16-14(17-2)12-10-8-6-4-3-5-7-9-11-13-15/h7,9,14H,3-6,8,10-13H2,1-2H3/b9-7+. The number of hydrogen-bond donors (Lipinski definition) is 0. The Labute approximate surface area is 115 Å². The SMILES string of the molecule is COC(CCCCCCC/C=C/CCBr)OC. The maximum Gasteiger partial charge on any atom is 0.156 e. The Kier molecular flexibility index (Phi) is 14.3. The predicted octanol–water partition coefficient (Wildman–Crippen LogP) is 4.68. The molecule has 0 amide bonds. The summed E-state index contributed by atoms with van der Waals surface area (Å²) in [5.74, 6) is 0. The third kappa shape index (κ3) is 12.4. The highest BCUT2D eigenvalue weighted by atomic mass is 79.9. The lowest BCUT2D eigenvalue weighted by atomic mass is 10.1.